The largest absolute Gasteiger partial charge is 0.481 e. The minimum atomic E-state index is -4.10. The van der Waals surface area contributed by atoms with E-state index in [1.165, 1.54) is 25.1 Å². The normalized spacial score (nSPS) is 12.5. The molecule has 0 saturated heterocycles. The Morgan fingerprint density at radius 2 is 1.71 bits per heavy atom. The maximum Gasteiger partial charge on any atom is 0.275 e. The summed E-state index contributed by atoms with van der Waals surface area (Å²) in [6.07, 6.45) is -0.946. The van der Waals surface area contributed by atoms with Gasteiger partial charge < -0.3 is 4.74 Å². The van der Waals surface area contributed by atoms with Crippen molar-refractivity contribution in [2.24, 2.45) is 0 Å². The molecule has 0 radical (unpaired) electrons. The van der Waals surface area contributed by atoms with Gasteiger partial charge >= 0.3 is 0 Å². The first-order valence-corrected chi connectivity index (χ1v) is 10.4. The standard InChI is InChI=1S/C19H16Cl2N2O4S/c1-12(27-16-8-6-13-4-2-3-5-14(13)10-16)19(24)22-23-28(25,26)18-11-15(20)7-9-17(18)21/h2-12,23H,1H3,(H,22,24). The smallest absolute Gasteiger partial charge is 0.275 e. The Balaban J connectivity index is 1.65. The molecule has 9 heteroatoms. The van der Waals surface area contributed by atoms with E-state index in [1.54, 1.807) is 12.1 Å². The highest BCUT2D eigenvalue weighted by atomic mass is 35.5. The van der Waals surface area contributed by atoms with Crippen LogP contribution in [0.25, 0.3) is 10.8 Å². The Hall–Kier alpha value is -2.32. The Morgan fingerprint density at radius 1 is 1.00 bits per heavy atom. The molecule has 28 heavy (non-hydrogen) atoms. The highest BCUT2D eigenvalue weighted by Gasteiger charge is 2.21. The molecular weight excluding hydrogens is 423 g/mol. The number of hydrazine groups is 1. The molecular formula is C19H16Cl2N2O4S. The molecule has 0 fully saturated rings. The third-order valence-electron chi connectivity index (χ3n) is 3.89. The van der Waals surface area contributed by atoms with E-state index in [9.17, 15) is 13.2 Å². The summed E-state index contributed by atoms with van der Waals surface area (Å²) in [6.45, 7) is 1.51. The SMILES string of the molecule is CC(Oc1ccc2ccccc2c1)C(=O)NNS(=O)(=O)c1cc(Cl)ccc1Cl. The number of amides is 1. The van der Waals surface area contributed by atoms with Crippen LogP contribution in [0.1, 0.15) is 6.92 Å². The van der Waals surface area contributed by atoms with Gasteiger partial charge in [0.15, 0.2) is 6.10 Å². The zero-order valence-electron chi connectivity index (χ0n) is 14.6. The van der Waals surface area contributed by atoms with Crippen molar-refractivity contribution in [3.05, 3.63) is 70.7 Å². The molecule has 0 aliphatic carbocycles. The van der Waals surface area contributed by atoms with Crippen LogP contribution < -0.4 is 15.0 Å². The Morgan fingerprint density at radius 3 is 2.46 bits per heavy atom. The molecule has 0 heterocycles. The molecule has 0 aromatic heterocycles. The summed E-state index contributed by atoms with van der Waals surface area (Å²) in [5, 5.41) is 2.18. The fourth-order valence-corrected chi connectivity index (χ4v) is 4.07. The zero-order valence-corrected chi connectivity index (χ0v) is 17.0. The van der Waals surface area contributed by atoms with Crippen molar-refractivity contribution >= 4 is 49.9 Å². The van der Waals surface area contributed by atoms with Gasteiger partial charge in [-0.05, 0) is 48.0 Å². The number of carbonyl (C=O) groups excluding carboxylic acids is 1. The molecule has 3 aromatic rings. The number of ether oxygens (including phenoxy) is 1. The average Bonchev–Trinajstić information content (AvgIpc) is 2.67. The lowest BCUT2D eigenvalue weighted by Gasteiger charge is -2.16. The molecule has 1 atom stereocenters. The lowest BCUT2D eigenvalue weighted by atomic mass is 10.1. The third kappa shape index (κ3) is 4.74. The second-order valence-electron chi connectivity index (χ2n) is 5.94. The minimum Gasteiger partial charge on any atom is -0.481 e. The van der Waals surface area contributed by atoms with Gasteiger partial charge in [0, 0.05) is 5.02 Å². The number of nitrogens with one attached hydrogen (secondary N) is 2. The number of hydrogen-bond donors (Lipinski definition) is 2. The first-order valence-electron chi connectivity index (χ1n) is 8.18. The maximum absolute atomic E-state index is 12.3. The van der Waals surface area contributed by atoms with Crippen molar-refractivity contribution in [2.45, 2.75) is 17.9 Å². The molecule has 2 N–H and O–H groups in total. The van der Waals surface area contributed by atoms with Crippen LogP contribution in [0.15, 0.2) is 65.6 Å². The Kier molecular flexibility index (Phi) is 6.10. The summed E-state index contributed by atoms with van der Waals surface area (Å²) >= 11 is 11.7. The van der Waals surface area contributed by atoms with E-state index in [-0.39, 0.29) is 14.9 Å². The summed E-state index contributed by atoms with van der Waals surface area (Å²) in [5.41, 5.74) is 2.12. The molecule has 0 saturated carbocycles. The number of rotatable bonds is 6. The van der Waals surface area contributed by atoms with E-state index in [0.717, 1.165) is 10.8 Å². The van der Waals surface area contributed by atoms with Crippen LogP contribution in [-0.4, -0.2) is 20.4 Å². The lowest BCUT2D eigenvalue weighted by molar-refractivity contribution is -0.127. The van der Waals surface area contributed by atoms with Crippen molar-refractivity contribution in [2.75, 3.05) is 0 Å². The van der Waals surface area contributed by atoms with Crippen LogP contribution in [0, 0.1) is 0 Å². The topological polar surface area (TPSA) is 84.5 Å². The Bertz CT molecular complexity index is 1140. The van der Waals surface area contributed by atoms with Crippen LogP contribution in [0.3, 0.4) is 0 Å². The van der Waals surface area contributed by atoms with Crippen molar-refractivity contribution in [3.8, 4) is 5.75 Å². The van der Waals surface area contributed by atoms with E-state index >= 15 is 0 Å². The van der Waals surface area contributed by atoms with E-state index < -0.39 is 22.0 Å². The second kappa shape index (κ2) is 8.36. The van der Waals surface area contributed by atoms with Crippen LogP contribution in [0.2, 0.25) is 10.0 Å². The quantitative estimate of drug-likeness (QED) is 0.571. The van der Waals surface area contributed by atoms with Crippen LogP contribution >= 0.6 is 23.2 Å². The average molecular weight is 439 g/mol. The Labute approximate surface area is 172 Å². The second-order valence-corrected chi connectivity index (χ2v) is 8.43. The van der Waals surface area contributed by atoms with Crippen molar-refractivity contribution in [1.29, 1.82) is 0 Å². The number of halogens is 2. The predicted octanol–water partition coefficient (Wildman–Crippen LogP) is 3.92. The van der Waals surface area contributed by atoms with Crippen LogP contribution in [0.4, 0.5) is 0 Å². The number of hydrogen-bond acceptors (Lipinski definition) is 4. The van der Waals surface area contributed by atoms with Crippen molar-refractivity contribution in [1.82, 2.24) is 10.3 Å². The summed E-state index contributed by atoms with van der Waals surface area (Å²) in [4.78, 5) is 14.0. The molecule has 3 aromatic carbocycles. The van der Waals surface area contributed by atoms with Crippen LogP contribution in [-0.2, 0) is 14.8 Å². The van der Waals surface area contributed by atoms with Gasteiger partial charge in [-0.2, -0.15) is 0 Å². The third-order valence-corrected chi connectivity index (χ3v) is 5.86. The monoisotopic (exact) mass is 438 g/mol. The highest BCUT2D eigenvalue weighted by molar-refractivity contribution is 7.89. The molecule has 0 aliphatic heterocycles. The first-order chi connectivity index (χ1) is 13.3. The highest BCUT2D eigenvalue weighted by Crippen LogP contribution is 2.24. The lowest BCUT2D eigenvalue weighted by Crippen LogP contribution is -2.47. The summed E-state index contributed by atoms with van der Waals surface area (Å²) in [7, 11) is -4.10. The zero-order chi connectivity index (χ0) is 20.3. The van der Waals surface area contributed by atoms with Gasteiger partial charge in [0.1, 0.15) is 10.6 Å². The van der Waals surface area contributed by atoms with Gasteiger partial charge in [0.2, 0.25) is 0 Å². The van der Waals surface area contributed by atoms with Gasteiger partial charge in [-0.25, -0.2) is 8.42 Å². The van der Waals surface area contributed by atoms with E-state index in [1.807, 2.05) is 35.2 Å². The summed E-state index contributed by atoms with van der Waals surface area (Å²) in [6, 6.07) is 17.1. The number of sulfonamides is 1. The molecule has 6 nitrogen and oxygen atoms in total. The summed E-state index contributed by atoms with van der Waals surface area (Å²) in [5.74, 6) is -0.183. The predicted molar refractivity (Wildman–Crippen MR) is 109 cm³/mol. The molecule has 1 unspecified atom stereocenters. The van der Waals surface area contributed by atoms with Crippen molar-refractivity contribution in [3.63, 3.8) is 0 Å². The van der Waals surface area contributed by atoms with Gasteiger partial charge in [-0.15, -0.1) is 4.83 Å². The molecule has 0 bridgehead atoms. The first kappa shape index (κ1) is 20.4. The number of fused-ring (bicyclic) bond motifs is 1. The molecule has 146 valence electrons. The van der Waals surface area contributed by atoms with Gasteiger partial charge in [0.25, 0.3) is 15.9 Å². The molecule has 0 aliphatic rings. The van der Waals surface area contributed by atoms with E-state index in [4.69, 9.17) is 27.9 Å². The molecule has 3 rings (SSSR count). The fraction of sp³-hybridized carbons (Fsp3) is 0.105. The molecule has 0 spiro atoms. The van der Waals surface area contributed by atoms with Gasteiger partial charge in [-0.3, -0.25) is 10.2 Å². The van der Waals surface area contributed by atoms with E-state index in [2.05, 4.69) is 5.43 Å². The fourth-order valence-electron chi connectivity index (χ4n) is 2.46. The minimum absolute atomic E-state index is 0.0217. The maximum atomic E-state index is 12.3. The van der Waals surface area contributed by atoms with E-state index in [0.29, 0.717) is 5.75 Å². The van der Waals surface area contributed by atoms with Crippen LogP contribution in [0.5, 0.6) is 5.75 Å². The van der Waals surface area contributed by atoms with Gasteiger partial charge in [-0.1, -0.05) is 53.5 Å². The van der Waals surface area contributed by atoms with Gasteiger partial charge in [0.05, 0.1) is 5.02 Å². The summed E-state index contributed by atoms with van der Waals surface area (Å²) < 4.78 is 30.3. The number of benzene rings is 3. The number of carbonyl (C=O) groups is 1. The molecule has 1 amide bonds. The van der Waals surface area contributed by atoms with Crippen molar-refractivity contribution < 1.29 is 17.9 Å².